The van der Waals surface area contributed by atoms with Gasteiger partial charge in [-0.05, 0) is 93.5 Å². The van der Waals surface area contributed by atoms with E-state index in [0.29, 0.717) is 5.02 Å². The van der Waals surface area contributed by atoms with Gasteiger partial charge in [0.2, 0.25) is 0 Å². The Morgan fingerprint density at radius 2 is 1.76 bits per heavy atom. The van der Waals surface area contributed by atoms with E-state index in [0.717, 1.165) is 52.6 Å². The van der Waals surface area contributed by atoms with Crippen LogP contribution in [0, 0.1) is 0 Å². The highest BCUT2D eigenvalue weighted by Gasteiger charge is 2.19. The fourth-order valence-corrected chi connectivity index (χ4v) is 3.57. The molecule has 2 rings (SSSR count). The molecule has 1 aromatic carbocycles. The van der Waals surface area contributed by atoms with Gasteiger partial charge < -0.3 is 5.11 Å². The smallest absolute Gasteiger partial charge is 0.0837 e. The minimum atomic E-state index is -0.899. The second-order valence-corrected chi connectivity index (χ2v) is 8.76. The summed E-state index contributed by atoms with van der Waals surface area (Å²) in [5, 5.41) is 12.0. The van der Waals surface area contributed by atoms with Gasteiger partial charge >= 0.3 is 0 Å². The van der Waals surface area contributed by atoms with Gasteiger partial charge in [0.05, 0.1) is 16.8 Å². The first-order chi connectivity index (χ1) is 16.2. The molecule has 0 saturated carbocycles. The van der Waals surface area contributed by atoms with Crippen LogP contribution in [0.1, 0.15) is 52.7 Å². The molecule has 0 aliphatic heterocycles. The molecule has 0 unspecified atom stereocenters. The summed E-state index contributed by atoms with van der Waals surface area (Å²) in [7, 11) is 0. The van der Waals surface area contributed by atoms with Crippen LogP contribution in [0.4, 0.5) is 0 Å². The molecule has 0 fully saturated rings. The average Bonchev–Trinajstić information content (AvgIpc) is 2.83. The van der Waals surface area contributed by atoms with Gasteiger partial charge in [-0.25, -0.2) is 4.98 Å². The largest absolute Gasteiger partial charge is 0.386 e. The van der Waals surface area contributed by atoms with E-state index in [2.05, 4.69) is 55.6 Å². The van der Waals surface area contributed by atoms with E-state index >= 15 is 0 Å². The van der Waals surface area contributed by atoms with Crippen molar-refractivity contribution in [3.63, 3.8) is 0 Å². The van der Waals surface area contributed by atoms with Gasteiger partial charge in [-0.15, -0.1) is 13.2 Å². The van der Waals surface area contributed by atoms with Crippen LogP contribution in [-0.2, 0) is 0 Å². The van der Waals surface area contributed by atoms with Gasteiger partial charge in [-0.1, -0.05) is 67.3 Å². The van der Waals surface area contributed by atoms with Gasteiger partial charge in [-0.2, -0.15) is 0 Å². The number of pyridine rings is 1. The van der Waals surface area contributed by atoms with E-state index in [1.807, 2.05) is 56.3 Å². The minimum Gasteiger partial charge on any atom is -0.386 e. The normalized spacial score (nSPS) is 13.1. The van der Waals surface area contributed by atoms with E-state index in [1.54, 1.807) is 13.8 Å². The number of rotatable bonds is 10. The van der Waals surface area contributed by atoms with Gasteiger partial charge in [-0.3, -0.25) is 0 Å². The Morgan fingerprint density at radius 3 is 2.35 bits per heavy atom. The van der Waals surface area contributed by atoms with Crippen molar-refractivity contribution in [1.29, 1.82) is 0 Å². The highest BCUT2D eigenvalue weighted by atomic mass is 35.5. The van der Waals surface area contributed by atoms with E-state index in [-0.39, 0.29) is 0 Å². The maximum absolute atomic E-state index is 10.2. The van der Waals surface area contributed by atoms with E-state index < -0.39 is 5.60 Å². The van der Waals surface area contributed by atoms with E-state index in [4.69, 9.17) is 11.6 Å². The zero-order valence-corrected chi connectivity index (χ0v) is 21.8. The maximum atomic E-state index is 10.2. The van der Waals surface area contributed by atoms with Crippen molar-refractivity contribution < 1.29 is 5.11 Å². The fraction of sp³-hybridized carbons (Fsp3) is 0.258. The summed E-state index contributed by atoms with van der Waals surface area (Å²) < 4.78 is 0. The van der Waals surface area contributed by atoms with Crippen LogP contribution in [0.2, 0.25) is 5.02 Å². The Morgan fingerprint density at radius 1 is 1.09 bits per heavy atom. The molecule has 2 nitrogen and oxygen atoms in total. The molecule has 0 aliphatic carbocycles. The minimum absolute atomic E-state index is 0.686. The molecule has 1 aromatic heterocycles. The van der Waals surface area contributed by atoms with Crippen LogP contribution in [0.3, 0.4) is 0 Å². The van der Waals surface area contributed by atoms with Crippen molar-refractivity contribution >= 4 is 28.6 Å². The molecular formula is C31H38ClNO. The second-order valence-electron chi connectivity index (χ2n) is 8.32. The fourth-order valence-electron chi connectivity index (χ4n) is 3.40. The van der Waals surface area contributed by atoms with Gasteiger partial charge in [0.25, 0.3) is 0 Å². The van der Waals surface area contributed by atoms with Crippen molar-refractivity contribution in [2.75, 3.05) is 0 Å². The highest BCUT2D eigenvalue weighted by Crippen LogP contribution is 2.26. The number of fused-ring (bicyclic) bond motifs is 1. The van der Waals surface area contributed by atoms with Crippen LogP contribution >= 0.6 is 11.6 Å². The Labute approximate surface area is 211 Å². The number of hydrogen-bond acceptors (Lipinski definition) is 2. The second kappa shape index (κ2) is 14.3. The molecule has 1 heterocycles. The van der Waals surface area contributed by atoms with Gasteiger partial charge in [0.15, 0.2) is 0 Å². The summed E-state index contributed by atoms with van der Waals surface area (Å²) in [5.41, 5.74) is 5.03. The molecule has 0 amide bonds. The third-order valence-corrected chi connectivity index (χ3v) is 5.69. The zero-order valence-electron chi connectivity index (χ0n) is 21.1. The number of nitrogens with zero attached hydrogens (tertiary/aromatic N) is 1. The summed E-state index contributed by atoms with van der Waals surface area (Å²) in [5.74, 6) is 0. The summed E-state index contributed by atoms with van der Waals surface area (Å²) in [6.45, 7) is 21.6. The molecular weight excluding hydrogens is 438 g/mol. The molecule has 0 aliphatic rings. The van der Waals surface area contributed by atoms with Crippen LogP contribution in [-0.4, -0.2) is 15.7 Å². The average molecular weight is 476 g/mol. The van der Waals surface area contributed by atoms with Crippen LogP contribution < -0.4 is 0 Å². The summed E-state index contributed by atoms with van der Waals surface area (Å²) in [6.07, 6.45) is 15.0. The summed E-state index contributed by atoms with van der Waals surface area (Å²) >= 11 is 6.10. The number of halogens is 1. The van der Waals surface area contributed by atoms with Crippen LogP contribution in [0.25, 0.3) is 17.0 Å². The highest BCUT2D eigenvalue weighted by molar-refractivity contribution is 6.31. The quantitative estimate of drug-likeness (QED) is 0.274. The maximum Gasteiger partial charge on any atom is 0.0837 e. The summed E-state index contributed by atoms with van der Waals surface area (Å²) in [4.78, 5) is 4.68. The molecule has 1 N–H and O–H groups in total. The molecule has 0 bridgehead atoms. The molecule has 3 heteroatoms. The number of benzene rings is 1. The summed E-state index contributed by atoms with van der Waals surface area (Å²) in [6, 6.07) is 9.79. The van der Waals surface area contributed by atoms with Crippen molar-refractivity contribution in [2.24, 2.45) is 0 Å². The van der Waals surface area contributed by atoms with E-state index in [1.165, 1.54) is 5.57 Å². The van der Waals surface area contributed by atoms with Crippen molar-refractivity contribution in [3.8, 4) is 0 Å². The van der Waals surface area contributed by atoms with Crippen molar-refractivity contribution in [3.05, 3.63) is 120 Å². The molecule has 0 spiro atoms. The topological polar surface area (TPSA) is 33.1 Å². The van der Waals surface area contributed by atoms with Crippen LogP contribution in [0.5, 0.6) is 0 Å². The van der Waals surface area contributed by atoms with Gasteiger partial charge in [0.1, 0.15) is 0 Å². The third kappa shape index (κ3) is 9.13. The number of hydrogen-bond donors (Lipinski definition) is 1. The predicted octanol–water partition coefficient (Wildman–Crippen LogP) is 9.21. The molecule has 34 heavy (non-hydrogen) atoms. The van der Waals surface area contributed by atoms with Crippen LogP contribution in [0.15, 0.2) is 109 Å². The zero-order chi connectivity index (χ0) is 25.7. The molecule has 2 aromatic rings. The first-order valence-electron chi connectivity index (χ1n) is 11.5. The lowest BCUT2D eigenvalue weighted by atomic mass is 9.89. The number of aromatic nitrogens is 1. The molecule has 180 valence electrons. The Kier molecular flexibility index (Phi) is 12.3. The Balaban J connectivity index is 0.00000281. The number of aliphatic hydroxyl groups is 1. The first kappa shape index (κ1) is 29.1. The Bertz CT molecular complexity index is 1110. The Hall–Kier alpha value is -2.94. The van der Waals surface area contributed by atoms with E-state index in [9.17, 15) is 5.11 Å². The standard InChI is InChI=1S/C29H34ClNO.C2H4/c1-7-22(11-10-12-24(9-3)21(4)29(5,6)32)19-23(8-2)13-17-27-18-15-25-14-16-26(30)20-28(25)31-27;1-2/h7-9,13-20,32H,1,4,10-12H2,2-3,5-6H3;1-2H2/b17-13+,22-19+,23-8-,24-9-;. The molecule has 0 atom stereocenters. The lowest BCUT2D eigenvalue weighted by Gasteiger charge is -2.23. The van der Waals surface area contributed by atoms with Crippen molar-refractivity contribution in [2.45, 2.75) is 52.6 Å². The lowest BCUT2D eigenvalue weighted by molar-refractivity contribution is 0.122. The monoisotopic (exact) mass is 475 g/mol. The SMILES string of the molecule is C=C.C=C\C(=C/C(=C\C)/C=C/c1ccc2ccc(Cl)cc2n1)CCC/C(=C/C)C(=C)C(C)(C)O. The first-order valence-corrected chi connectivity index (χ1v) is 11.9. The molecule has 0 saturated heterocycles. The molecule has 0 radical (unpaired) electrons. The number of allylic oxidation sites excluding steroid dienone is 7. The van der Waals surface area contributed by atoms with Gasteiger partial charge in [0, 0.05) is 10.4 Å². The van der Waals surface area contributed by atoms with Crippen molar-refractivity contribution in [1.82, 2.24) is 4.98 Å². The third-order valence-electron chi connectivity index (χ3n) is 5.46. The predicted molar refractivity (Wildman–Crippen MR) is 152 cm³/mol. The lowest BCUT2D eigenvalue weighted by Crippen LogP contribution is -2.22.